The standard InChI is InChI=1S/C5H5NOS.Mn/c7-6-4-2-1-3-5(6)8;/h1-4,7H;. The average Bonchev–Trinajstić information content (AvgIpc) is 1.77. The predicted molar refractivity (Wildman–Crippen MR) is 32.5 cm³/mol. The van der Waals surface area contributed by atoms with E-state index in [1.165, 1.54) is 6.20 Å². The van der Waals surface area contributed by atoms with Crippen molar-refractivity contribution in [3.05, 3.63) is 29.0 Å². The fourth-order valence-corrected chi connectivity index (χ4v) is 0.558. The van der Waals surface area contributed by atoms with E-state index in [1.54, 1.807) is 18.2 Å². The summed E-state index contributed by atoms with van der Waals surface area (Å²) in [7, 11) is 0. The molecule has 1 rings (SSSR count). The molecular formula is C5H5MnNOS. The maximum absolute atomic E-state index is 8.73. The molecule has 1 aromatic rings. The Morgan fingerprint density at radius 1 is 1.44 bits per heavy atom. The van der Waals surface area contributed by atoms with Gasteiger partial charge in [0.15, 0.2) is 0 Å². The van der Waals surface area contributed by atoms with E-state index >= 15 is 0 Å². The van der Waals surface area contributed by atoms with Gasteiger partial charge < -0.3 is 5.21 Å². The SMILES string of the molecule is On1ccccc1=S.[Mn]. The van der Waals surface area contributed by atoms with Gasteiger partial charge >= 0.3 is 0 Å². The number of aromatic nitrogens is 1. The first-order valence-electron chi connectivity index (χ1n) is 2.17. The molecule has 0 atom stereocenters. The van der Waals surface area contributed by atoms with Gasteiger partial charge in [-0.05, 0) is 12.1 Å². The van der Waals surface area contributed by atoms with Crippen molar-refractivity contribution in [2.45, 2.75) is 0 Å². The minimum absolute atomic E-state index is 0. The fraction of sp³-hybridized carbons (Fsp3) is 0. The Labute approximate surface area is 68.6 Å². The molecule has 1 heterocycles. The van der Waals surface area contributed by atoms with Crippen molar-refractivity contribution < 1.29 is 22.3 Å². The van der Waals surface area contributed by atoms with Crippen LogP contribution < -0.4 is 0 Å². The Hall–Kier alpha value is -0.311. The van der Waals surface area contributed by atoms with Gasteiger partial charge in [-0.2, -0.15) is 4.73 Å². The van der Waals surface area contributed by atoms with Gasteiger partial charge in [-0.3, -0.25) is 0 Å². The van der Waals surface area contributed by atoms with Gasteiger partial charge in [0.05, 0.1) is 0 Å². The largest absolute Gasteiger partial charge is 0.428 e. The molecule has 0 fully saturated rings. The van der Waals surface area contributed by atoms with Crippen LogP contribution in [0.3, 0.4) is 0 Å². The van der Waals surface area contributed by atoms with Crippen LogP contribution in [-0.2, 0) is 17.1 Å². The van der Waals surface area contributed by atoms with Crippen LogP contribution in [-0.4, -0.2) is 9.94 Å². The second kappa shape index (κ2) is 3.67. The Morgan fingerprint density at radius 3 is 2.44 bits per heavy atom. The molecule has 0 saturated carbocycles. The maximum Gasteiger partial charge on any atom is 0.142 e. The van der Waals surface area contributed by atoms with Crippen molar-refractivity contribution in [1.82, 2.24) is 4.73 Å². The van der Waals surface area contributed by atoms with Crippen LogP contribution in [0, 0.1) is 4.64 Å². The number of nitrogens with zero attached hydrogens (tertiary/aromatic N) is 1. The molecule has 9 heavy (non-hydrogen) atoms. The molecule has 0 spiro atoms. The van der Waals surface area contributed by atoms with Crippen LogP contribution in [0.4, 0.5) is 0 Å². The number of pyridine rings is 1. The zero-order chi connectivity index (χ0) is 5.98. The third kappa shape index (κ3) is 2.18. The van der Waals surface area contributed by atoms with Crippen LogP contribution in [0.15, 0.2) is 24.4 Å². The Morgan fingerprint density at radius 2 is 2.11 bits per heavy atom. The summed E-state index contributed by atoms with van der Waals surface area (Å²) in [6, 6.07) is 5.13. The van der Waals surface area contributed by atoms with Crippen molar-refractivity contribution in [1.29, 1.82) is 0 Å². The van der Waals surface area contributed by atoms with Crippen molar-refractivity contribution >= 4 is 12.2 Å². The van der Waals surface area contributed by atoms with E-state index in [-0.39, 0.29) is 17.1 Å². The molecule has 2 nitrogen and oxygen atoms in total. The summed E-state index contributed by atoms with van der Waals surface area (Å²) in [5.41, 5.74) is 0. The van der Waals surface area contributed by atoms with E-state index < -0.39 is 0 Å². The fourth-order valence-electron chi connectivity index (χ4n) is 0.419. The first kappa shape index (κ1) is 8.69. The Bertz CT molecular complexity index is 234. The van der Waals surface area contributed by atoms with E-state index in [0.29, 0.717) is 4.64 Å². The van der Waals surface area contributed by atoms with Gasteiger partial charge in [-0.1, -0.05) is 18.3 Å². The first-order chi connectivity index (χ1) is 3.80. The molecule has 0 aliphatic heterocycles. The van der Waals surface area contributed by atoms with Gasteiger partial charge in [-0.25, -0.2) is 0 Å². The Balaban J connectivity index is 0.000000640. The van der Waals surface area contributed by atoms with E-state index in [9.17, 15) is 0 Å². The molecule has 1 radical (unpaired) electrons. The van der Waals surface area contributed by atoms with E-state index in [2.05, 4.69) is 12.2 Å². The summed E-state index contributed by atoms with van der Waals surface area (Å²) in [5, 5.41) is 8.73. The van der Waals surface area contributed by atoms with Crippen LogP contribution in [0.2, 0.25) is 0 Å². The molecule has 1 N–H and O–H groups in total. The van der Waals surface area contributed by atoms with Crippen LogP contribution in [0.25, 0.3) is 0 Å². The molecule has 49 valence electrons. The molecule has 0 aliphatic rings. The second-order valence-corrected chi connectivity index (χ2v) is 1.80. The molecule has 0 aromatic carbocycles. The second-order valence-electron chi connectivity index (χ2n) is 1.38. The zero-order valence-electron chi connectivity index (χ0n) is 4.49. The Kier molecular flexibility index (Phi) is 3.54. The molecule has 1 aromatic heterocycles. The van der Waals surface area contributed by atoms with Crippen LogP contribution >= 0.6 is 12.2 Å². The normalized spacial score (nSPS) is 8.00. The van der Waals surface area contributed by atoms with Gasteiger partial charge in [-0.15, -0.1) is 0 Å². The first-order valence-corrected chi connectivity index (χ1v) is 2.58. The summed E-state index contributed by atoms with van der Waals surface area (Å²) in [4.78, 5) is 0. The zero-order valence-corrected chi connectivity index (χ0v) is 6.49. The summed E-state index contributed by atoms with van der Waals surface area (Å²) < 4.78 is 1.32. The third-order valence-corrected chi connectivity index (χ3v) is 1.13. The smallest absolute Gasteiger partial charge is 0.142 e. The monoisotopic (exact) mass is 182 g/mol. The average molecular weight is 182 g/mol. The molecule has 0 amide bonds. The molecule has 0 unspecified atom stereocenters. The number of hydrogen-bond acceptors (Lipinski definition) is 2. The van der Waals surface area contributed by atoms with Crippen molar-refractivity contribution in [3.8, 4) is 0 Å². The van der Waals surface area contributed by atoms with Gasteiger partial charge in [0.25, 0.3) is 0 Å². The number of rotatable bonds is 0. The number of hydrogen-bond donors (Lipinski definition) is 1. The summed E-state index contributed by atoms with van der Waals surface area (Å²) in [6.07, 6.45) is 1.49. The molecule has 0 aliphatic carbocycles. The summed E-state index contributed by atoms with van der Waals surface area (Å²) in [5.74, 6) is 0. The van der Waals surface area contributed by atoms with Crippen LogP contribution in [0.5, 0.6) is 0 Å². The predicted octanol–water partition coefficient (Wildman–Crippen LogP) is 1.45. The van der Waals surface area contributed by atoms with Crippen molar-refractivity contribution in [2.75, 3.05) is 0 Å². The van der Waals surface area contributed by atoms with Crippen LogP contribution in [0.1, 0.15) is 0 Å². The topological polar surface area (TPSA) is 25.2 Å². The van der Waals surface area contributed by atoms with Crippen molar-refractivity contribution in [2.24, 2.45) is 0 Å². The minimum atomic E-state index is 0. The molecule has 0 saturated heterocycles. The summed E-state index contributed by atoms with van der Waals surface area (Å²) in [6.45, 7) is 0. The molecule has 0 bridgehead atoms. The maximum atomic E-state index is 8.73. The van der Waals surface area contributed by atoms with E-state index in [0.717, 1.165) is 4.73 Å². The quantitative estimate of drug-likeness (QED) is 0.373. The molecular weight excluding hydrogens is 177 g/mol. The van der Waals surface area contributed by atoms with Gasteiger partial charge in [0.1, 0.15) is 4.64 Å². The minimum Gasteiger partial charge on any atom is -0.428 e. The van der Waals surface area contributed by atoms with Crippen molar-refractivity contribution in [3.63, 3.8) is 0 Å². The van der Waals surface area contributed by atoms with E-state index in [4.69, 9.17) is 5.21 Å². The third-order valence-electron chi connectivity index (χ3n) is 0.803. The van der Waals surface area contributed by atoms with E-state index in [1.807, 2.05) is 0 Å². The molecule has 4 heteroatoms. The summed E-state index contributed by atoms with van der Waals surface area (Å²) >= 11 is 4.67. The van der Waals surface area contributed by atoms with Gasteiger partial charge in [0, 0.05) is 23.3 Å². The van der Waals surface area contributed by atoms with Gasteiger partial charge in [0.2, 0.25) is 0 Å².